The summed E-state index contributed by atoms with van der Waals surface area (Å²) in [5.74, 6) is -0.994. The predicted octanol–water partition coefficient (Wildman–Crippen LogP) is 5.12. The van der Waals surface area contributed by atoms with Crippen LogP contribution in [0.5, 0.6) is 0 Å². The fourth-order valence-electron chi connectivity index (χ4n) is 5.84. The molecule has 4 heterocycles. The summed E-state index contributed by atoms with van der Waals surface area (Å²) < 4.78 is 12.6. The first-order chi connectivity index (χ1) is 20.3. The van der Waals surface area contributed by atoms with Crippen molar-refractivity contribution in [2.45, 2.75) is 18.9 Å². The van der Waals surface area contributed by atoms with E-state index in [1.165, 1.54) is 7.11 Å². The molecule has 2 amide bonds. The number of benzene rings is 2. The monoisotopic (exact) mass is 630 g/mol. The maximum Gasteiger partial charge on any atom is 0.339 e. The fraction of sp³-hybridized carbons (Fsp3) is 0.226. The number of methoxy groups -OCH3 is 1. The Morgan fingerprint density at radius 3 is 2.50 bits per heavy atom. The van der Waals surface area contributed by atoms with Gasteiger partial charge in [0, 0.05) is 42.9 Å². The van der Waals surface area contributed by atoms with Gasteiger partial charge in [0.1, 0.15) is 0 Å². The third kappa shape index (κ3) is 5.35. The van der Waals surface area contributed by atoms with E-state index in [1.54, 1.807) is 60.7 Å². The lowest BCUT2D eigenvalue weighted by Crippen LogP contribution is -2.47. The molecule has 2 aromatic heterocycles. The Morgan fingerprint density at radius 1 is 0.905 bits per heavy atom. The first kappa shape index (κ1) is 27.5. The topological polar surface area (TPSA) is 123 Å². The molecular formula is C31H27BrN4O6. The summed E-state index contributed by atoms with van der Waals surface area (Å²) in [5, 5.41) is 5.71. The molecule has 0 spiro atoms. The first-order valence-corrected chi connectivity index (χ1v) is 14.2. The molecular weight excluding hydrogens is 604 g/mol. The third-order valence-electron chi connectivity index (χ3n) is 7.70. The van der Waals surface area contributed by atoms with Gasteiger partial charge in [0.2, 0.25) is 0 Å². The number of nitrogens with one attached hydrogen (secondary N) is 2. The van der Waals surface area contributed by atoms with Crippen molar-refractivity contribution >= 4 is 50.8 Å². The van der Waals surface area contributed by atoms with Gasteiger partial charge < -0.3 is 29.3 Å². The molecule has 4 aromatic rings. The van der Waals surface area contributed by atoms with Crippen molar-refractivity contribution in [3.63, 3.8) is 0 Å². The molecule has 2 aromatic carbocycles. The molecule has 11 heteroatoms. The van der Waals surface area contributed by atoms with Gasteiger partial charge in [-0.15, -0.1) is 0 Å². The molecule has 1 saturated heterocycles. The zero-order chi connectivity index (χ0) is 29.4. The van der Waals surface area contributed by atoms with Gasteiger partial charge in [-0.3, -0.25) is 14.4 Å². The summed E-state index contributed by atoms with van der Waals surface area (Å²) >= 11 is 3.23. The SMILES string of the molecule is COC(=O)c1ccccc1NC(=O)c1ccc(N2CC3CC(C2)c2cccc(=O)n2C3)c(NC(=O)c2ccc(Br)o2)c1. The molecule has 0 radical (unpaired) electrons. The van der Waals surface area contributed by atoms with Gasteiger partial charge in [-0.2, -0.15) is 0 Å². The van der Waals surface area contributed by atoms with Crippen LogP contribution in [0.3, 0.4) is 0 Å². The van der Waals surface area contributed by atoms with E-state index in [-0.39, 0.29) is 34.3 Å². The number of carbonyl (C=O) groups excluding carboxylic acids is 3. The standard InChI is InChI=1S/C31H27BrN4O6/c1-41-31(40)21-5-2-3-6-22(21)33-29(38)19-9-10-25(23(14-19)34-30(39)26-11-12-27(32)42-26)35-15-18-13-20(17-35)24-7-4-8-28(37)36(24)16-18/h2-12,14,18,20H,13,15-17H2,1H3,(H,33,38)(H,34,39). The fourth-order valence-corrected chi connectivity index (χ4v) is 6.15. The Labute approximate surface area is 249 Å². The van der Waals surface area contributed by atoms with Crippen LogP contribution < -0.4 is 21.1 Å². The van der Waals surface area contributed by atoms with Crippen LogP contribution in [-0.2, 0) is 11.3 Å². The molecule has 10 nitrogen and oxygen atoms in total. The highest BCUT2D eigenvalue weighted by Crippen LogP contribution is 2.39. The molecule has 0 aliphatic carbocycles. The molecule has 42 heavy (non-hydrogen) atoms. The number of halogens is 1. The van der Waals surface area contributed by atoms with Crippen LogP contribution in [0.25, 0.3) is 0 Å². The van der Waals surface area contributed by atoms with Gasteiger partial charge in [0.15, 0.2) is 10.4 Å². The zero-order valence-corrected chi connectivity index (χ0v) is 24.2. The highest BCUT2D eigenvalue weighted by molar-refractivity contribution is 9.10. The van der Waals surface area contributed by atoms with E-state index in [4.69, 9.17) is 9.15 Å². The molecule has 2 N–H and O–H groups in total. The normalized spacial score (nSPS) is 17.2. The van der Waals surface area contributed by atoms with Crippen molar-refractivity contribution in [2.75, 3.05) is 35.7 Å². The van der Waals surface area contributed by atoms with Gasteiger partial charge in [-0.25, -0.2) is 4.79 Å². The second kappa shape index (κ2) is 11.3. The largest absolute Gasteiger partial charge is 0.465 e. The number of furan rings is 1. The summed E-state index contributed by atoms with van der Waals surface area (Å²) in [7, 11) is 1.28. The average Bonchev–Trinajstić information content (AvgIpc) is 3.44. The van der Waals surface area contributed by atoms with E-state index in [0.717, 1.165) is 17.8 Å². The van der Waals surface area contributed by atoms with Crippen LogP contribution in [0, 0.1) is 5.92 Å². The van der Waals surface area contributed by atoms with Crippen LogP contribution in [-0.4, -0.2) is 42.6 Å². The Morgan fingerprint density at radius 2 is 1.71 bits per heavy atom. The maximum absolute atomic E-state index is 13.4. The van der Waals surface area contributed by atoms with E-state index in [0.29, 0.717) is 35.7 Å². The number of anilines is 3. The Bertz CT molecular complexity index is 1760. The lowest BCUT2D eigenvalue weighted by atomic mass is 9.83. The van der Waals surface area contributed by atoms with Crippen molar-refractivity contribution in [1.82, 2.24) is 4.57 Å². The summed E-state index contributed by atoms with van der Waals surface area (Å²) in [6.07, 6.45) is 0.974. The number of fused-ring (bicyclic) bond motifs is 4. The van der Waals surface area contributed by atoms with E-state index in [2.05, 4.69) is 31.5 Å². The summed E-state index contributed by atoms with van der Waals surface area (Å²) in [6.45, 7) is 1.96. The molecule has 0 saturated carbocycles. The number of hydrogen-bond donors (Lipinski definition) is 2. The van der Waals surface area contributed by atoms with E-state index < -0.39 is 17.8 Å². The van der Waals surface area contributed by atoms with Crippen LogP contribution in [0.2, 0.25) is 0 Å². The summed E-state index contributed by atoms with van der Waals surface area (Å²) in [5.41, 5.74) is 3.02. The number of para-hydroxylation sites is 1. The molecule has 1 fully saturated rings. The van der Waals surface area contributed by atoms with Gasteiger partial charge in [0.25, 0.3) is 17.4 Å². The number of amides is 2. The molecule has 2 bridgehead atoms. The Kier molecular flexibility index (Phi) is 7.42. The van der Waals surface area contributed by atoms with Crippen molar-refractivity contribution in [3.8, 4) is 0 Å². The van der Waals surface area contributed by atoms with Crippen molar-refractivity contribution in [1.29, 1.82) is 0 Å². The van der Waals surface area contributed by atoms with E-state index in [1.807, 2.05) is 16.7 Å². The molecule has 2 aliphatic heterocycles. The second-order valence-corrected chi connectivity index (χ2v) is 11.2. The zero-order valence-electron chi connectivity index (χ0n) is 22.6. The molecule has 2 unspecified atom stereocenters. The highest BCUT2D eigenvalue weighted by atomic mass is 79.9. The number of piperidine rings is 1. The third-order valence-corrected chi connectivity index (χ3v) is 8.13. The molecule has 2 aliphatic rings. The second-order valence-electron chi connectivity index (χ2n) is 10.4. The van der Waals surface area contributed by atoms with E-state index >= 15 is 0 Å². The summed E-state index contributed by atoms with van der Waals surface area (Å²) in [4.78, 5) is 53.4. The number of hydrogen-bond acceptors (Lipinski definition) is 7. The van der Waals surface area contributed by atoms with Crippen LogP contribution in [0.4, 0.5) is 17.1 Å². The van der Waals surface area contributed by atoms with Gasteiger partial charge in [0.05, 0.1) is 29.7 Å². The highest BCUT2D eigenvalue weighted by Gasteiger charge is 2.35. The minimum atomic E-state index is -0.571. The Balaban J connectivity index is 1.33. The van der Waals surface area contributed by atoms with Gasteiger partial charge in [-0.05, 0) is 76.8 Å². The number of carbonyl (C=O) groups is 3. The lowest BCUT2D eigenvalue weighted by Gasteiger charge is -2.44. The van der Waals surface area contributed by atoms with Crippen LogP contribution in [0.1, 0.15) is 49.3 Å². The number of ether oxygens (including phenoxy) is 1. The number of aromatic nitrogens is 1. The van der Waals surface area contributed by atoms with Crippen molar-refractivity contribution in [3.05, 3.63) is 110 Å². The number of esters is 1. The minimum Gasteiger partial charge on any atom is -0.465 e. The lowest BCUT2D eigenvalue weighted by molar-refractivity contribution is 0.0601. The Hall–Kier alpha value is -4.64. The van der Waals surface area contributed by atoms with Crippen molar-refractivity contribution < 1.29 is 23.5 Å². The quantitative estimate of drug-likeness (QED) is 0.284. The van der Waals surface area contributed by atoms with E-state index in [9.17, 15) is 19.2 Å². The first-order valence-electron chi connectivity index (χ1n) is 13.4. The molecule has 2 atom stereocenters. The van der Waals surface area contributed by atoms with Crippen LogP contribution >= 0.6 is 15.9 Å². The summed E-state index contributed by atoms with van der Waals surface area (Å²) in [6, 6.07) is 20.3. The van der Waals surface area contributed by atoms with Gasteiger partial charge in [-0.1, -0.05) is 18.2 Å². The molecule has 6 rings (SSSR count). The maximum atomic E-state index is 13.4. The average molecular weight is 631 g/mol. The van der Waals surface area contributed by atoms with Crippen molar-refractivity contribution in [2.24, 2.45) is 5.92 Å². The number of pyridine rings is 1. The smallest absolute Gasteiger partial charge is 0.339 e. The predicted molar refractivity (Wildman–Crippen MR) is 160 cm³/mol. The van der Waals surface area contributed by atoms with Crippen LogP contribution in [0.15, 0.2) is 86.7 Å². The number of nitrogens with zero attached hydrogens (tertiary/aromatic N) is 2. The minimum absolute atomic E-state index is 0.0114. The number of rotatable bonds is 6. The van der Waals surface area contributed by atoms with Gasteiger partial charge >= 0.3 is 5.97 Å². The molecule has 214 valence electrons.